The Bertz CT molecular complexity index is 621. The van der Waals surface area contributed by atoms with Crippen LogP contribution >= 0.6 is 0 Å². The largest absolute Gasteiger partial charge is 0.480 e. The Labute approximate surface area is 145 Å². The van der Waals surface area contributed by atoms with Gasteiger partial charge in [0.1, 0.15) is 6.04 Å². The van der Waals surface area contributed by atoms with Crippen molar-refractivity contribution in [3.05, 3.63) is 28.3 Å². The Hall–Kier alpha value is -2.68. The highest BCUT2D eigenvalue weighted by Gasteiger charge is 2.21. The van der Waals surface area contributed by atoms with Gasteiger partial charge in [-0.05, 0) is 19.0 Å². The lowest BCUT2D eigenvalue weighted by atomic mass is 10.1. The summed E-state index contributed by atoms with van der Waals surface area (Å²) in [5, 5.41) is 25.2. The molecule has 0 heterocycles. The second-order valence-corrected chi connectivity index (χ2v) is 5.69. The minimum atomic E-state index is -1.13. The Kier molecular flexibility index (Phi) is 8.34. The van der Waals surface area contributed by atoms with Gasteiger partial charge < -0.3 is 21.5 Å². The molecule has 25 heavy (non-hydrogen) atoms. The molecule has 0 spiro atoms. The number of amides is 1. The third-order valence-corrected chi connectivity index (χ3v) is 3.63. The molecule has 0 aliphatic rings. The van der Waals surface area contributed by atoms with E-state index in [1.165, 1.54) is 12.1 Å². The molecule has 0 aliphatic carbocycles. The zero-order chi connectivity index (χ0) is 18.8. The van der Waals surface area contributed by atoms with E-state index >= 15 is 0 Å². The summed E-state index contributed by atoms with van der Waals surface area (Å²) in [4.78, 5) is 33.5. The number of nitro benzene ring substituents is 1. The second-order valence-electron chi connectivity index (χ2n) is 5.69. The predicted octanol–water partition coefficient (Wildman–Crippen LogP) is 2.13. The van der Waals surface area contributed by atoms with E-state index in [9.17, 15) is 24.8 Å². The van der Waals surface area contributed by atoms with Gasteiger partial charge in [-0.2, -0.15) is 0 Å². The van der Waals surface area contributed by atoms with Gasteiger partial charge in [-0.1, -0.05) is 26.2 Å². The highest BCUT2D eigenvalue weighted by molar-refractivity contribution is 5.96. The van der Waals surface area contributed by atoms with E-state index in [4.69, 9.17) is 5.73 Å². The first-order chi connectivity index (χ1) is 11.8. The zero-order valence-corrected chi connectivity index (χ0v) is 14.2. The van der Waals surface area contributed by atoms with E-state index in [-0.39, 0.29) is 23.5 Å². The van der Waals surface area contributed by atoms with Crippen LogP contribution in [0.25, 0.3) is 0 Å². The van der Waals surface area contributed by atoms with E-state index in [2.05, 4.69) is 17.6 Å². The molecule has 0 bridgehead atoms. The Morgan fingerprint density at radius 2 is 2.04 bits per heavy atom. The molecule has 0 saturated carbocycles. The van der Waals surface area contributed by atoms with Crippen molar-refractivity contribution in [3.8, 4) is 0 Å². The van der Waals surface area contributed by atoms with Crippen LogP contribution in [0.1, 0.15) is 39.0 Å². The maximum absolute atomic E-state index is 12.1. The number of carbonyl (C=O) groups excluding carboxylic acids is 1. The summed E-state index contributed by atoms with van der Waals surface area (Å²) in [6.45, 7) is 2.58. The number of non-ortho nitro benzene ring substituents is 1. The topological polar surface area (TPSA) is 148 Å². The Morgan fingerprint density at radius 1 is 1.32 bits per heavy atom. The number of rotatable bonds is 11. The molecule has 0 radical (unpaired) electrons. The molecular formula is C16H24N4O5. The van der Waals surface area contributed by atoms with Crippen molar-refractivity contribution in [1.82, 2.24) is 5.32 Å². The van der Waals surface area contributed by atoms with Crippen LogP contribution in [0.2, 0.25) is 0 Å². The van der Waals surface area contributed by atoms with E-state index < -0.39 is 22.8 Å². The lowest BCUT2D eigenvalue weighted by molar-refractivity contribution is -0.384. The summed E-state index contributed by atoms with van der Waals surface area (Å²) in [7, 11) is 0. The number of nitrogen functional groups attached to an aromatic ring is 1. The van der Waals surface area contributed by atoms with Crippen molar-refractivity contribution in [1.29, 1.82) is 0 Å². The number of carboxylic acid groups (broad SMARTS) is 1. The average Bonchev–Trinajstić information content (AvgIpc) is 2.55. The molecule has 1 atom stereocenters. The van der Waals surface area contributed by atoms with Gasteiger partial charge in [0.25, 0.3) is 5.69 Å². The van der Waals surface area contributed by atoms with Crippen LogP contribution in [-0.2, 0) is 9.59 Å². The summed E-state index contributed by atoms with van der Waals surface area (Å²) in [5.74, 6) is -1.71. The van der Waals surface area contributed by atoms with Gasteiger partial charge in [0.05, 0.1) is 22.7 Å². The average molecular weight is 352 g/mol. The summed E-state index contributed by atoms with van der Waals surface area (Å²) in [5.41, 5.74) is 5.73. The molecule has 0 fully saturated rings. The molecule has 1 aromatic rings. The number of nitrogens with zero attached hydrogens (tertiary/aromatic N) is 1. The van der Waals surface area contributed by atoms with Gasteiger partial charge >= 0.3 is 5.97 Å². The molecule has 1 aromatic carbocycles. The first kappa shape index (κ1) is 20.4. The highest BCUT2D eigenvalue weighted by Crippen LogP contribution is 2.24. The monoisotopic (exact) mass is 352 g/mol. The number of aliphatic carboxylic acids is 1. The van der Waals surface area contributed by atoms with Crippen LogP contribution < -0.4 is 16.4 Å². The maximum atomic E-state index is 12.1. The fourth-order valence-corrected chi connectivity index (χ4v) is 2.23. The number of nitrogens with one attached hydrogen (secondary N) is 2. The van der Waals surface area contributed by atoms with Gasteiger partial charge in [-0.25, -0.2) is 0 Å². The van der Waals surface area contributed by atoms with Crippen LogP contribution in [0.3, 0.4) is 0 Å². The quantitative estimate of drug-likeness (QED) is 0.206. The molecule has 5 N–H and O–H groups in total. The molecule has 1 unspecified atom stereocenters. The third kappa shape index (κ3) is 7.17. The predicted molar refractivity (Wildman–Crippen MR) is 94.3 cm³/mol. The molecule has 0 aromatic heterocycles. The number of nitrogens with two attached hydrogens (primary N) is 1. The van der Waals surface area contributed by atoms with Crippen LogP contribution in [0.15, 0.2) is 18.2 Å². The normalized spacial score (nSPS) is 11.7. The SMILES string of the molecule is CCCCCCNC(CC(=O)Nc1cc([N+](=O)[O-])ccc1N)C(=O)O. The van der Waals surface area contributed by atoms with E-state index in [1.54, 1.807) is 0 Å². The van der Waals surface area contributed by atoms with Gasteiger partial charge in [0.15, 0.2) is 0 Å². The highest BCUT2D eigenvalue weighted by atomic mass is 16.6. The standard InChI is InChI=1S/C16H24N4O5/c1-2-3-4-5-8-18-14(16(22)23)10-15(21)19-13-9-11(20(24)25)6-7-12(13)17/h6-7,9,14,18H,2-5,8,10,17H2,1H3,(H,19,21)(H,22,23). The Balaban J connectivity index is 2.61. The number of benzene rings is 1. The van der Waals surface area contributed by atoms with Crippen molar-refractivity contribution in [3.63, 3.8) is 0 Å². The van der Waals surface area contributed by atoms with Crippen LogP contribution in [-0.4, -0.2) is 34.5 Å². The Morgan fingerprint density at radius 3 is 2.64 bits per heavy atom. The molecule has 0 aliphatic heterocycles. The van der Waals surface area contributed by atoms with Crippen LogP contribution in [0, 0.1) is 10.1 Å². The first-order valence-electron chi connectivity index (χ1n) is 8.15. The summed E-state index contributed by atoms with van der Waals surface area (Å²) < 4.78 is 0. The number of anilines is 2. The lowest BCUT2D eigenvalue weighted by Gasteiger charge is -2.15. The minimum Gasteiger partial charge on any atom is -0.480 e. The second kappa shape index (κ2) is 10.2. The molecule has 138 valence electrons. The molecule has 1 rings (SSSR count). The molecule has 9 nitrogen and oxygen atoms in total. The summed E-state index contributed by atoms with van der Waals surface area (Å²) >= 11 is 0. The van der Waals surface area contributed by atoms with E-state index in [1.807, 2.05) is 0 Å². The molecule has 0 saturated heterocycles. The molecule has 1 amide bonds. The van der Waals surface area contributed by atoms with Crippen molar-refractivity contribution >= 4 is 28.9 Å². The number of nitro groups is 1. The molecular weight excluding hydrogens is 328 g/mol. The molecule has 9 heteroatoms. The van der Waals surface area contributed by atoms with E-state index in [0.29, 0.717) is 6.54 Å². The van der Waals surface area contributed by atoms with Crippen molar-refractivity contribution < 1.29 is 19.6 Å². The number of carboxylic acids is 1. The first-order valence-corrected chi connectivity index (χ1v) is 8.15. The van der Waals surface area contributed by atoms with Crippen LogP contribution in [0.5, 0.6) is 0 Å². The fraction of sp³-hybridized carbons (Fsp3) is 0.500. The number of hydrogen-bond acceptors (Lipinski definition) is 6. The van der Waals surface area contributed by atoms with Gasteiger partial charge in [0.2, 0.25) is 5.91 Å². The number of hydrogen-bond donors (Lipinski definition) is 4. The zero-order valence-electron chi connectivity index (χ0n) is 14.2. The van der Waals surface area contributed by atoms with Crippen molar-refractivity contribution in [2.75, 3.05) is 17.6 Å². The van der Waals surface area contributed by atoms with Crippen molar-refractivity contribution in [2.45, 2.75) is 45.1 Å². The lowest BCUT2D eigenvalue weighted by Crippen LogP contribution is -2.40. The van der Waals surface area contributed by atoms with E-state index in [0.717, 1.165) is 31.7 Å². The van der Waals surface area contributed by atoms with Crippen molar-refractivity contribution in [2.24, 2.45) is 0 Å². The minimum absolute atomic E-state index is 0.0892. The van der Waals surface area contributed by atoms with Crippen LogP contribution in [0.4, 0.5) is 17.1 Å². The fourth-order valence-electron chi connectivity index (χ4n) is 2.23. The van der Waals surface area contributed by atoms with Gasteiger partial charge in [0, 0.05) is 12.1 Å². The summed E-state index contributed by atoms with van der Waals surface area (Å²) in [6.07, 6.45) is 3.68. The maximum Gasteiger partial charge on any atom is 0.321 e. The summed E-state index contributed by atoms with van der Waals surface area (Å²) in [6, 6.07) is 2.65. The van der Waals surface area contributed by atoms with Gasteiger partial charge in [-0.15, -0.1) is 0 Å². The smallest absolute Gasteiger partial charge is 0.321 e. The number of unbranched alkanes of at least 4 members (excludes halogenated alkanes) is 3. The number of carbonyl (C=O) groups is 2. The van der Waals surface area contributed by atoms with Gasteiger partial charge in [-0.3, -0.25) is 19.7 Å². The third-order valence-electron chi connectivity index (χ3n) is 3.63.